The zero-order valence-electron chi connectivity index (χ0n) is 13.7. The summed E-state index contributed by atoms with van der Waals surface area (Å²) in [5.74, 6) is 0.283. The topological polar surface area (TPSA) is 82.4 Å². The fraction of sp³-hybridized carbons (Fsp3) is 0.211. The highest BCUT2D eigenvalue weighted by atomic mass is 16.5. The molecule has 25 heavy (non-hydrogen) atoms. The smallest absolute Gasteiger partial charge is 0.325 e. The Bertz CT molecular complexity index is 827. The van der Waals surface area contributed by atoms with E-state index >= 15 is 0 Å². The number of amides is 3. The van der Waals surface area contributed by atoms with Crippen molar-refractivity contribution in [1.82, 2.24) is 10.2 Å². The number of carbonyl (C=O) groups is 2. The molecule has 2 aromatic rings. The summed E-state index contributed by atoms with van der Waals surface area (Å²) in [6.07, 6.45) is 0. The molecule has 3 amide bonds. The molecular formula is C19H17N3O3. The van der Waals surface area contributed by atoms with Crippen LogP contribution in [0.2, 0.25) is 0 Å². The van der Waals surface area contributed by atoms with Crippen molar-refractivity contribution < 1.29 is 14.3 Å². The van der Waals surface area contributed by atoms with Crippen molar-refractivity contribution in [3.63, 3.8) is 0 Å². The first-order valence-electron chi connectivity index (χ1n) is 7.83. The summed E-state index contributed by atoms with van der Waals surface area (Å²) >= 11 is 0. The number of nitrogens with one attached hydrogen (secondary N) is 1. The first kappa shape index (κ1) is 16.5. The maximum Gasteiger partial charge on any atom is 0.325 e. The second-order valence-corrected chi connectivity index (χ2v) is 5.90. The molecule has 1 aliphatic rings. The number of urea groups is 1. The summed E-state index contributed by atoms with van der Waals surface area (Å²) in [4.78, 5) is 26.4. The number of carbonyl (C=O) groups excluding carboxylic acids is 2. The second-order valence-electron chi connectivity index (χ2n) is 5.90. The van der Waals surface area contributed by atoms with Crippen LogP contribution in [0.25, 0.3) is 0 Å². The van der Waals surface area contributed by atoms with Crippen LogP contribution >= 0.6 is 0 Å². The quantitative estimate of drug-likeness (QED) is 0.851. The zero-order chi connectivity index (χ0) is 17.9. The Hall–Kier alpha value is -3.33. The summed E-state index contributed by atoms with van der Waals surface area (Å²) in [6.45, 7) is 1.86. The minimum absolute atomic E-state index is 0.0260. The standard InChI is InChI=1S/C19H17N3O3/c1-19(15-5-3-2-4-6-15)17(23)22(18(24)21-19)13-14-7-9-16(10-8-14)25-12-11-20/h2-10H,12-13H2,1H3,(H,21,24)/t19-/m1/s1. The van der Waals surface area contributed by atoms with Crippen molar-refractivity contribution in [2.75, 3.05) is 6.61 Å². The SMILES string of the molecule is C[C@]1(c2ccccc2)NC(=O)N(Cc2ccc(OCC#N)cc2)C1=O. The lowest BCUT2D eigenvalue weighted by Crippen LogP contribution is -2.40. The Morgan fingerprint density at radius 2 is 1.80 bits per heavy atom. The Balaban J connectivity index is 1.76. The molecule has 6 nitrogen and oxygen atoms in total. The highest BCUT2D eigenvalue weighted by molar-refractivity contribution is 6.07. The molecule has 1 atom stereocenters. The second kappa shape index (κ2) is 6.65. The van der Waals surface area contributed by atoms with E-state index in [0.29, 0.717) is 5.75 Å². The van der Waals surface area contributed by atoms with Gasteiger partial charge in [-0.3, -0.25) is 9.69 Å². The van der Waals surface area contributed by atoms with Gasteiger partial charge in [-0.2, -0.15) is 5.26 Å². The maximum absolute atomic E-state index is 12.8. The number of imide groups is 1. The minimum Gasteiger partial charge on any atom is -0.479 e. The molecule has 1 N–H and O–H groups in total. The third kappa shape index (κ3) is 3.17. The molecule has 0 saturated carbocycles. The first-order chi connectivity index (χ1) is 12.0. The van der Waals surface area contributed by atoms with Gasteiger partial charge in [0.1, 0.15) is 17.4 Å². The zero-order valence-corrected chi connectivity index (χ0v) is 13.7. The lowest BCUT2D eigenvalue weighted by Gasteiger charge is -2.22. The number of ether oxygens (including phenoxy) is 1. The molecule has 0 bridgehead atoms. The summed E-state index contributed by atoms with van der Waals surface area (Å²) in [7, 11) is 0. The first-order valence-corrected chi connectivity index (χ1v) is 7.83. The summed E-state index contributed by atoms with van der Waals surface area (Å²) in [5, 5.41) is 11.3. The van der Waals surface area contributed by atoms with E-state index in [1.165, 1.54) is 4.90 Å². The number of nitrogens with zero attached hydrogens (tertiary/aromatic N) is 2. The van der Waals surface area contributed by atoms with Gasteiger partial charge in [-0.15, -0.1) is 0 Å². The highest BCUT2D eigenvalue weighted by Crippen LogP contribution is 2.29. The summed E-state index contributed by atoms with van der Waals surface area (Å²) < 4.78 is 5.19. The predicted octanol–water partition coefficient (Wildman–Crippen LogP) is 2.56. The van der Waals surface area contributed by atoms with Gasteiger partial charge in [-0.05, 0) is 30.2 Å². The molecule has 1 fully saturated rings. The van der Waals surface area contributed by atoms with Gasteiger partial charge < -0.3 is 10.1 Å². The van der Waals surface area contributed by atoms with Crippen LogP contribution in [-0.4, -0.2) is 23.4 Å². The van der Waals surface area contributed by atoms with E-state index in [4.69, 9.17) is 10.00 Å². The monoisotopic (exact) mass is 335 g/mol. The average Bonchev–Trinajstić information content (AvgIpc) is 2.86. The van der Waals surface area contributed by atoms with Crippen molar-refractivity contribution in [2.24, 2.45) is 0 Å². The molecule has 0 radical (unpaired) electrons. The molecule has 6 heteroatoms. The lowest BCUT2D eigenvalue weighted by atomic mass is 9.92. The third-order valence-electron chi connectivity index (χ3n) is 4.19. The van der Waals surface area contributed by atoms with Gasteiger partial charge >= 0.3 is 6.03 Å². The van der Waals surface area contributed by atoms with Gasteiger partial charge in [-0.25, -0.2) is 4.79 Å². The van der Waals surface area contributed by atoms with Crippen molar-refractivity contribution >= 4 is 11.9 Å². The predicted molar refractivity (Wildman–Crippen MR) is 90.4 cm³/mol. The Morgan fingerprint density at radius 1 is 1.12 bits per heavy atom. The van der Waals surface area contributed by atoms with Crippen LogP contribution in [0.5, 0.6) is 5.75 Å². The van der Waals surface area contributed by atoms with Crippen molar-refractivity contribution in [1.29, 1.82) is 5.26 Å². The molecular weight excluding hydrogens is 318 g/mol. The molecule has 126 valence electrons. The van der Waals surface area contributed by atoms with Gasteiger partial charge in [0.25, 0.3) is 5.91 Å². The Kier molecular flexibility index (Phi) is 4.40. The van der Waals surface area contributed by atoms with E-state index in [-0.39, 0.29) is 19.1 Å². The van der Waals surface area contributed by atoms with Crippen LogP contribution in [0, 0.1) is 11.3 Å². The van der Waals surface area contributed by atoms with E-state index in [0.717, 1.165) is 11.1 Å². The van der Waals surface area contributed by atoms with Crippen LogP contribution in [-0.2, 0) is 16.9 Å². The van der Waals surface area contributed by atoms with Gasteiger partial charge in [0.05, 0.1) is 6.54 Å². The molecule has 0 spiro atoms. The molecule has 1 saturated heterocycles. The number of benzene rings is 2. The summed E-state index contributed by atoms with van der Waals surface area (Å²) in [6, 6.07) is 17.6. The molecule has 1 aliphatic heterocycles. The Labute approximate surface area is 145 Å². The third-order valence-corrected chi connectivity index (χ3v) is 4.19. The van der Waals surface area contributed by atoms with Crippen LogP contribution in [0.15, 0.2) is 54.6 Å². The fourth-order valence-corrected chi connectivity index (χ4v) is 2.80. The van der Waals surface area contributed by atoms with E-state index < -0.39 is 11.6 Å². The van der Waals surface area contributed by atoms with Gasteiger partial charge in [0.15, 0.2) is 6.61 Å². The molecule has 2 aromatic carbocycles. The van der Waals surface area contributed by atoms with Crippen molar-refractivity contribution in [3.8, 4) is 11.8 Å². The van der Waals surface area contributed by atoms with E-state index in [1.807, 2.05) is 36.4 Å². The van der Waals surface area contributed by atoms with Crippen LogP contribution in [0.3, 0.4) is 0 Å². The molecule has 3 rings (SSSR count). The van der Waals surface area contributed by atoms with Crippen molar-refractivity contribution in [3.05, 3.63) is 65.7 Å². The van der Waals surface area contributed by atoms with E-state index in [2.05, 4.69) is 5.32 Å². The molecule has 0 unspecified atom stereocenters. The molecule has 1 heterocycles. The van der Waals surface area contributed by atoms with Gasteiger partial charge in [-0.1, -0.05) is 42.5 Å². The van der Waals surface area contributed by atoms with E-state index in [1.54, 1.807) is 31.2 Å². The Morgan fingerprint density at radius 3 is 2.44 bits per heavy atom. The largest absolute Gasteiger partial charge is 0.479 e. The highest BCUT2D eigenvalue weighted by Gasteiger charge is 2.48. The van der Waals surface area contributed by atoms with E-state index in [9.17, 15) is 9.59 Å². The summed E-state index contributed by atoms with van der Waals surface area (Å²) in [5.41, 5.74) is 0.481. The molecule has 0 aromatic heterocycles. The van der Waals surface area contributed by atoms with Crippen LogP contribution < -0.4 is 10.1 Å². The minimum atomic E-state index is -1.06. The number of nitriles is 1. The lowest BCUT2D eigenvalue weighted by molar-refractivity contribution is -0.131. The van der Waals surface area contributed by atoms with Crippen LogP contribution in [0.1, 0.15) is 18.1 Å². The van der Waals surface area contributed by atoms with Crippen molar-refractivity contribution in [2.45, 2.75) is 19.0 Å². The average molecular weight is 335 g/mol. The molecule has 0 aliphatic carbocycles. The number of hydrogen-bond acceptors (Lipinski definition) is 4. The maximum atomic E-state index is 12.8. The fourth-order valence-electron chi connectivity index (χ4n) is 2.80. The van der Waals surface area contributed by atoms with Gasteiger partial charge in [0.2, 0.25) is 0 Å². The number of rotatable bonds is 5. The number of hydrogen-bond donors (Lipinski definition) is 1. The van der Waals surface area contributed by atoms with Gasteiger partial charge in [0, 0.05) is 0 Å². The van der Waals surface area contributed by atoms with Crippen LogP contribution in [0.4, 0.5) is 4.79 Å². The normalized spacial score (nSPS) is 19.4.